The van der Waals surface area contributed by atoms with Crippen LogP contribution in [0.5, 0.6) is 0 Å². The summed E-state index contributed by atoms with van der Waals surface area (Å²) in [5.41, 5.74) is -6.55. The van der Waals surface area contributed by atoms with Crippen molar-refractivity contribution in [2.75, 3.05) is 6.61 Å². The largest absolute Gasteiger partial charge is 0.459 e. The summed E-state index contributed by atoms with van der Waals surface area (Å²) in [6, 6.07) is 8.22. The Morgan fingerprint density at radius 2 is 1.66 bits per heavy atom. The quantitative estimate of drug-likeness (QED) is 0.240. The Hall–Kier alpha value is -1.89. The van der Waals surface area contributed by atoms with Crippen LogP contribution >= 0.6 is 0 Å². The lowest BCUT2D eigenvalue weighted by molar-refractivity contribution is -0.440. The fourth-order valence-corrected chi connectivity index (χ4v) is 11.2. The zero-order valence-electron chi connectivity index (χ0n) is 28.0. The van der Waals surface area contributed by atoms with Crippen molar-refractivity contribution in [1.29, 1.82) is 0 Å². The maximum Gasteiger partial charge on any atom is 0.338 e. The minimum atomic E-state index is -2.62. The fraction of sp³-hybridized carbons (Fsp3) is 0.757. The molecule has 6 fully saturated rings. The highest BCUT2D eigenvalue weighted by molar-refractivity contribution is 5.89. The third-order valence-electron chi connectivity index (χ3n) is 13.3. The fourth-order valence-electron chi connectivity index (χ4n) is 11.2. The second kappa shape index (κ2) is 11.3. The van der Waals surface area contributed by atoms with Gasteiger partial charge in [-0.05, 0) is 61.1 Å². The Morgan fingerprint density at radius 3 is 2.36 bits per heavy atom. The Labute approximate surface area is 277 Å². The number of rotatable bonds is 4. The summed E-state index contributed by atoms with van der Waals surface area (Å²) >= 11 is 0. The van der Waals surface area contributed by atoms with Crippen molar-refractivity contribution in [3.8, 4) is 0 Å². The number of aliphatic hydroxyl groups is 5. The second-order valence-electron chi connectivity index (χ2n) is 15.9. The molecular weight excluding hydrogens is 604 g/mol. The molecule has 10 nitrogen and oxygen atoms in total. The third kappa shape index (κ3) is 4.41. The van der Waals surface area contributed by atoms with E-state index in [2.05, 4.69) is 13.5 Å². The Balaban J connectivity index is 1.44. The predicted octanol–water partition coefficient (Wildman–Crippen LogP) is 3.47. The molecule has 1 unspecified atom stereocenters. The van der Waals surface area contributed by atoms with E-state index < -0.39 is 89.0 Å². The van der Waals surface area contributed by atoms with E-state index in [1.165, 1.54) is 0 Å². The first-order valence-electron chi connectivity index (χ1n) is 17.6. The first kappa shape index (κ1) is 33.6. The zero-order valence-corrected chi connectivity index (χ0v) is 28.0. The molecule has 0 aromatic heterocycles. The molecule has 3 bridgehead atoms. The summed E-state index contributed by atoms with van der Waals surface area (Å²) in [5, 5.41) is 62.7. The second-order valence-corrected chi connectivity index (χ2v) is 15.9. The summed E-state index contributed by atoms with van der Waals surface area (Å²) in [5.74, 6) is -5.50. The number of hydrogen-bond acceptors (Lipinski definition) is 10. The van der Waals surface area contributed by atoms with E-state index in [1.807, 2.05) is 20.8 Å². The molecule has 1 aromatic carbocycles. The molecule has 3 saturated heterocycles. The molecule has 3 aliphatic heterocycles. The van der Waals surface area contributed by atoms with Gasteiger partial charge in [-0.25, -0.2) is 4.79 Å². The highest BCUT2D eigenvalue weighted by Crippen LogP contribution is 2.72. The number of esters is 1. The van der Waals surface area contributed by atoms with E-state index in [-0.39, 0.29) is 17.4 Å². The Bertz CT molecular complexity index is 1390. The molecule has 15 atom stereocenters. The molecule has 6 aliphatic rings. The molecule has 1 aromatic rings. The van der Waals surface area contributed by atoms with Crippen LogP contribution in [0, 0.1) is 35.5 Å². The zero-order chi connectivity index (χ0) is 33.7. The summed E-state index contributed by atoms with van der Waals surface area (Å²) < 4.78 is 26.5. The highest BCUT2D eigenvalue weighted by Gasteiger charge is 2.86. The molecule has 3 aliphatic carbocycles. The van der Waals surface area contributed by atoms with Gasteiger partial charge in [-0.1, -0.05) is 77.7 Å². The van der Waals surface area contributed by atoms with Crippen molar-refractivity contribution in [3.63, 3.8) is 0 Å². The molecule has 0 amide bonds. The first-order chi connectivity index (χ1) is 22.2. The standard InChI is InChI=1S/C37H52O10/c1-20(2)34-18-22(4)37-26-29(39)33(42,19-44-31(40)24-15-11-9-12-16-24)32(41)36(43)27(37)25(23(5)28(36)38)21(3)14-10-7-6-8-13-17-35(46-34,47-37)45-30(26)34/h9,11-12,15-16,21-23,25-30,32,38-39,41-43H,1,6-8,10,13-14,17-19H2,2-5H3/t21-,22-,23+,25+,26+,27-,28+,29+,30-,32-,33-,34-,35?,36-,37-/m1/s1. The van der Waals surface area contributed by atoms with Gasteiger partial charge in [0.2, 0.25) is 0 Å². The molecule has 260 valence electrons. The van der Waals surface area contributed by atoms with Crippen molar-refractivity contribution in [2.24, 2.45) is 35.5 Å². The van der Waals surface area contributed by atoms with Gasteiger partial charge in [0.15, 0.2) is 5.60 Å². The van der Waals surface area contributed by atoms with E-state index in [0.29, 0.717) is 18.4 Å². The lowest BCUT2D eigenvalue weighted by Gasteiger charge is -2.62. The van der Waals surface area contributed by atoms with Crippen LogP contribution in [-0.2, 0) is 18.9 Å². The summed E-state index contributed by atoms with van der Waals surface area (Å²) in [4.78, 5) is 13.2. The SMILES string of the molecule is C=C(C)[C@]12C[C@@H](C)[C@@]34OC5(CCCCCCC[C@@H](C)[C@H]6[C@H](C)[C@H](O)[C@@](O)([C@H](O)[C@@](O)(COC(=O)c7ccccc7)[C@@H](O)[C@H]3[C@H]1O5)[C@@H]64)O2. The third-order valence-corrected chi connectivity index (χ3v) is 13.3. The average molecular weight is 657 g/mol. The van der Waals surface area contributed by atoms with E-state index >= 15 is 0 Å². The number of carbonyl (C=O) groups excluding carboxylic acids is 1. The van der Waals surface area contributed by atoms with E-state index in [0.717, 1.165) is 38.5 Å². The number of aliphatic hydroxyl groups excluding tert-OH is 3. The summed E-state index contributed by atoms with van der Waals surface area (Å²) in [7, 11) is 0. The van der Waals surface area contributed by atoms with Gasteiger partial charge in [0.25, 0.3) is 5.97 Å². The molecule has 2 spiro atoms. The van der Waals surface area contributed by atoms with Crippen LogP contribution in [0.1, 0.15) is 89.4 Å². The van der Waals surface area contributed by atoms with Gasteiger partial charge in [0.1, 0.15) is 30.0 Å². The number of benzene rings is 1. The number of carbonyl (C=O) groups is 1. The minimum Gasteiger partial charge on any atom is -0.459 e. The maximum absolute atomic E-state index is 13.2. The summed E-state index contributed by atoms with van der Waals surface area (Å²) in [6.07, 6.45) is 0.176. The van der Waals surface area contributed by atoms with Crippen LogP contribution in [0.3, 0.4) is 0 Å². The van der Waals surface area contributed by atoms with Gasteiger partial charge in [0, 0.05) is 18.3 Å². The van der Waals surface area contributed by atoms with Gasteiger partial charge in [-0.15, -0.1) is 0 Å². The molecule has 7 rings (SSSR count). The lowest BCUT2D eigenvalue weighted by atomic mass is 9.51. The van der Waals surface area contributed by atoms with Crippen molar-refractivity contribution in [2.45, 2.75) is 132 Å². The van der Waals surface area contributed by atoms with Gasteiger partial charge in [0.05, 0.1) is 23.4 Å². The normalized spacial score (nSPS) is 52.1. The average Bonchev–Trinajstić information content (AvgIpc) is 3.38. The van der Waals surface area contributed by atoms with Crippen molar-refractivity contribution >= 4 is 5.97 Å². The summed E-state index contributed by atoms with van der Waals surface area (Å²) in [6.45, 7) is 11.3. The van der Waals surface area contributed by atoms with Crippen LogP contribution in [0.25, 0.3) is 0 Å². The van der Waals surface area contributed by atoms with E-state index in [1.54, 1.807) is 30.3 Å². The van der Waals surface area contributed by atoms with Crippen molar-refractivity contribution < 1.29 is 49.3 Å². The Kier molecular flexibility index (Phi) is 8.09. The molecule has 0 radical (unpaired) electrons. The van der Waals surface area contributed by atoms with Crippen molar-refractivity contribution in [1.82, 2.24) is 0 Å². The maximum atomic E-state index is 13.2. The molecule has 10 heteroatoms. The van der Waals surface area contributed by atoms with Gasteiger partial charge in [-0.3, -0.25) is 0 Å². The molecule has 3 heterocycles. The molecule has 3 saturated carbocycles. The van der Waals surface area contributed by atoms with Gasteiger partial charge in [-0.2, -0.15) is 0 Å². The number of ether oxygens (including phenoxy) is 4. The van der Waals surface area contributed by atoms with Gasteiger partial charge < -0.3 is 44.5 Å². The molecule has 5 N–H and O–H groups in total. The monoisotopic (exact) mass is 656 g/mol. The van der Waals surface area contributed by atoms with Crippen LogP contribution in [0.15, 0.2) is 42.5 Å². The first-order valence-corrected chi connectivity index (χ1v) is 17.6. The highest BCUT2D eigenvalue weighted by atomic mass is 16.9. The number of hydrogen-bond donors (Lipinski definition) is 5. The molecular formula is C37H52O10. The van der Waals surface area contributed by atoms with Crippen LogP contribution in [0.4, 0.5) is 0 Å². The topological polar surface area (TPSA) is 155 Å². The van der Waals surface area contributed by atoms with E-state index in [9.17, 15) is 30.3 Å². The lowest BCUT2D eigenvalue weighted by Crippen LogP contribution is -2.74. The van der Waals surface area contributed by atoms with Crippen LogP contribution < -0.4 is 0 Å². The Morgan fingerprint density at radius 1 is 0.979 bits per heavy atom. The van der Waals surface area contributed by atoms with Crippen LogP contribution in [-0.4, -0.2) is 90.9 Å². The predicted molar refractivity (Wildman–Crippen MR) is 170 cm³/mol. The van der Waals surface area contributed by atoms with Crippen LogP contribution in [0.2, 0.25) is 0 Å². The van der Waals surface area contributed by atoms with Crippen molar-refractivity contribution in [3.05, 3.63) is 48.0 Å². The smallest absolute Gasteiger partial charge is 0.338 e. The van der Waals surface area contributed by atoms with Gasteiger partial charge >= 0.3 is 5.97 Å². The van der Waals surface area contributed by atoms with E-state index in [4.69, 9.17) is 18.9 Å². The minimum absolute atomic E-state index is 0.00175. The molecule has 47 heavy (non-hydrogen) atoms.